The number of anilines is 1. The maximum atomic E-state index is 12.1. The summed E-state index contributed by atoms with van der Waals surface area (Å²) in [6.07, 6.45) is 2.29. The first kappa shape index (κ1) is 15.4. The molecule has 0 bridgehead atoms. The van der Waals surface area contributed by atoms with Crippen molar-refractivity contribution >= 4 is 11.7 Å². The van der Waals surface area contributed by atoms with E-state index in [0.717, 1.165) is 5.82 Å². The lowest BCUT2D eigenvalue weighted by atomic mass is 9.89. The monoisotopic (exact) mass is 265 g/mol. The second-order valence-corrected chi connectivity index (χ2v) is 5.62. The van der Waals surface area contributed by atoms with Crippen molar-refractivity contribution in [3.63, 3.8) is 0 Å². The molecule has 0 aliphatic heterocycles. The molecule has 0 fully saturated rings. The minimum absolute atomic E-state index is 0.109. The molecule has 19 heavy (non-hydrogen) atoms. The number of rotatable bonds is 6. The van der Waals surface area contributed by atoms with Gasteiger partial charge in [0.2, 0.25) is 0 Å². The number of nitrogens with one attached hydrogen (secondary N) is 1. The maximum absolute atomic E-state index is 12.1. The van der Waals surface area contributed by atoms with Crippen LogP contribution in [0.4, 0.5) is 5.82 Å². The zero-order valence-electron chi connectivity index (χ0n) is 12.1. The zero-order valence-corrected chi connectivity index (χ0v) is 12.1. The van der Waals surface area contributed by atoms with Crippen LogP contribution in [0.3, 0.4) is 0 Å². The van der Waals surface area contributed by atoms with E-state index in [1.165, 1.54) is 0 Å². The van der Waals surface area contributed by atoms with Gasteiger partial charge in [-0.25, -0.2) is 4.98 Å². The number of aromatic nitrogens is 1. The Bertz CT molecular complexity index is 430. The van der Waals surface area contributed by atoms with Gasteiger partial charge in [-0.2, -0.15) is 0 Å². The largest absolute Gasteiger partial charge is 0.396 e. The number of carbonyl (C=O) groups excluding carboxylic acids is 1. The number of hydrogen-bond donors (Lipinski definition) is 2. The molecule has 0 aliphatic carbocycles. The second kappa shape index (κ2) is 6.52. The lowest BCUT2D eigenvalue weighted by Gasteiger charge is -2.23. The fraction of sp³-hybridized carbons (Fsp3) is 0.571. The highest BCUT2D eigenvalue weighted by molar-refractivity contribution is 5.94. The van der Waals surface area contributed by atoms with Crippen LogP contribution in [-0.2, 0) is 0 Å². The highest BCUT2D eigenvalue weighted by atomic mass is 16.3. The van der Waals surface area contributed by atoms with E-state index in [1.54, 1.807) is 18.3 Å². The molecule has 5 heteroatoms. The lowest BCUT2D eigenvalue weighted by molar-refractivity contribution is 0.0928. The molecule has 0 saturated carbocycles. The molecule has 0 saturated heterocycles. The lowest BCUT2D eigenvalue weighted by Crippen LogP contribution is -2.34. The van der Waals surface area contributed by atoms with Gasteiger partial charge < -0.3 is 15.3 Å². The average molecular weight is 265 g/mol. The van der Waals surface area contributed by atoms with E-state index in [1.807, 2.05) is 32.8 Å². The molecule has 1 aromatic rings. The Labute approximate surface area is 114 Å². The molecule has 5 nitrogen and oxygen atoms in total. The maximum Gasteiger partial charge on any atom is 0.251 e. The Kier molecular flexibility index (Phi) is 5.30. The van der Waals surface area contributed by atoms with Crippen molar-refractivity contribution in [1.29, 1.82) is 0 Å². The Morgan fingerprint density at radius 3 is 2.74 bits per heavy atom. The fourth-order valence-electron chi connectivity index (χ4n) is 1.62. The summed E-state index contributed by atoms with van der Waals surface area (Å²) in [5.41, 5.74) is 0.487. The van der Waals surface area contributed by atoms with Gasteiger partial charge in [0.1, 0.15) is 5.82 Å². The van der Waals surface area contributed by atoms with Crippen molar-refractivity contribution in [2.24, 2.45) is 5.41 Å². The number of hydrogen-bond acceptors (Lipinski definition) is 4. The van der Waals surface area contributed by atoms with Gasteiger partial charge in [-0.15, -0.1) is 0 Å². The van der Waals surface area contributed by atoms with Crippen LogP contribution in [0.5, 0.6) is 0 Å². The van der Waals surface area contributed by atoms with Gasteiger partial charge >= 0.3 is 0 Å². The fourth-order valence-corrected chi connectivity index (χ4v) is 1.62. The summed E-state index contributed by atoms with van der Waals surface area (Å²) in [4.78, 5) is 18.1. The molecule has 0 aromatic carbocycles. The highest BCUT2D eigenvalue weighted by Gasteiger charge is 2.18. The SMILES string of the molecule is CN(C)c1cc(C(=O)NCC(C)(C)CCO)ccn1. The first-order valence-corrected chi connectivity index (χ1v) is 6.38. The van der Waals surface area contributed by atoms with Crippen LogP contribution >= 0.6 is 0 Å². The van der Waals surface area contributed by atoms with Crippen LogP contribution in [0.2, 0.25) is 0 Å². The van der Waals surface area contributed by atoms with Gasteiger partial charge in [-0.05, 0) is 24.0 Å². The van der Waals surface area contributed by atoms with Crippen LogP contribution in [0.25, 0.3) is 0 Å². The van der Waals surface area contributed by atoms with Crippen molar-refractivity contribution in [3.8, 4) is 0 Å². The summed E-state index contributed by atoms with van der Waals surface area (Å²) in [6, 6.07) is 3.45. The van der Waals surface area contributed by atoms with Gasteiger partial charge in [-0.1, -0.05) is 13.8 Å². The predicted molar refractivity (Wildman–Crippen MR) is 76.4 cm³/mol. The van der Waals surface area contributed by atoms with E-state index >= 15 is 0 Å². The summed E-state index contributed by atoms with van der Waals surface area (Å²) in [6.45, 7) is 4.69. The minimum atomic E-state index is -0.114. The third kappa shape index (κ3) is 4.87. The molecule has 2 N–H and O–H groups in total. The van der Waals surface area contributed by atoms with Gasteiger partial charge in [-0.3, -0.25) is 4.79 Å². The third-order valence-electron chi connectivity index (χ3n) is 2.98. The topological polar surface area (TPSA) is 65.5 Å². The summed E-state index contributed by atoms with van der Waals surface area (Å²) in [7, 11) is 3.77. The molecule has 0 radical (unpaired) electrons. The number of carbonyl (C=O) groups is 1. The smallest absolute Gasteiger partial charge is 0.251 e. The summed E-state index contributed by atoms with van der Waals surface area (Å²) in [5.74, 6) is 0.638. The normalized spacial score (nSPS) is 11.2. The quantitative estimate of drug-likeness (QED) is 0.813. The van der Waals surface area contributed by atoms with E-state index in [-0.39, 0.29) is 17.9 Å². The summed E-state index contributed by atoms with van der Waals surface area (Å²) >= 11 is 0. The van der Waals surface area contributed by atoms with Crippen molar-refractivity contribution in [2.75, 3.05) is 32.1 Å². The number of aliphatic hydroxyl groups excluding tert-OH is 1. The molecule has 0 aliphatic rings. The number of aliphatic hydroxyl groups is 1. The Balaban J connectivity index is 2.66. The number of nitrogens with zero attached hydrogens (tertiary/aromatic N) is 2. The zero-order chi connectivity index (χ0) is 14.5. The van der Waals surface area contributed by atoms with Crippen LogP contribution in [-0.4, -0.2) is 43.2 Å². The Hall–Kier alpha value is -1.62. The molecule has 0 spiro atoms. The molecular formula is C14H23N3O2. The minimum Gasteiger partial charge on any atom is -0.396 e. The van der Waals surface area contributed by atoms with Crippen LogP contribution in [0.1, 0.15) is 30.6 Å². The van der Waals surface area contributed by atoms with Crippen LogP contribution in [0.15, 0.2) is 18.3 Å². The molecule has 0 atom stereocenters. The standard InChI is InChI=1S/C14H23N3O2/c1-14(2,6-8-18)10-16-13(19)11-5-7-15-12(9-11)17(3)4/h5,7,9,18H,6,8,10H2,1-4H3,(H,16,19). The molecule has 1 heterocycles. The second-order valence-electron chi connectivity index (χ2n) is 5.62. The van der Waals surface area contributed by atoms with Crippen LogP contribution < -0.4 is 10.2 Å². The van der Waals surface area contributed by atoms with Crippen molar-refractivity contribution in [3.05, 3.63) is 23.9 Å². The summed E-state index contributed by atoms with van der Waals surface area (Å²) < 4.78 is 0. The number of amides is 1. The van der Waals surface area contributed by atoms with E-state index in [4.69, 9.17) is 5.11 Å². The first-order valence-electron chi connectivity index (χ1n) is 6.38. The van der Waals surface area contributed by atoms with E-state index in [0.29, 0.717) is 18.5 Å². The van der Waals surface area contributed by atoms with Gasteiger partial charge in [0.15, 0.2) is 0 Å². The molecule has 1 rings (SSSR count). The van der Waals surface area contributed by atoms with Crippen molar-refractivity contribution in [2.45, 2.75) is 20.3 Å². The molecule has 0 unspecified atom stereocenters. The highest BCUT2D eigenvalue weighted by Crippen LogP contribution is 2.18. The van der Waals surface area contributed by atoms with E-state index in [9.17, 15) is 4.79 Å². The first-order chi connectivity index (χ1) is 8.85. The van der Waals surface area contributed by atoms with Gasteiger partial charge in [0.25, 0.3) is 5.91 Å². The van der Waals surface area contributed by atoms with Gasteiger partial charge in [0, 0.05) is 39.0 Å². The van der Waals surface area contributed by atoms with Crippen molar-refractivity contribution in [1.82, 2.24) is 10.3 Å². The average Bonchev–Trinajstić information content (AvgIpc) is 2.36. The Morgan fingerprint density at radius 2 is 2.16 bits per heavy atom. The van der Waals surface area contributed by atoms with Gasteiger partial charge in [0.05, 0.1) is 0 Å². The van der Waals surface area contributed by atoms with E-state index in [2.05, 4.69) is 10.3 Å². The Morgan fingerprint density at radius 1 is 1.47 bits per heavy atom. The molecule has 1 amide bonds. The molecular weight excluding hydrogens is 242 g/mol. The van der Waals surface area contributed by atoms with E-state index < -0.39 is 0 Å². The van der Waals surface area contributed by atoms with Crippen LogP contribution in [0, 0.1) is 5.41 Å². The molecule has 1 aromatic heterocycles. The third-order valence-corrected chi connectivity index (χ3v) is 2.98. The molecule has 106 valence electrons. The predicted octanol–water partition coefficient (Wildman–Crippen LogP) is 1.29. The summed E-state index contributed by atoms with van der Waals surface area (Å²) in [5, 5.41) is 11.8. The number of pyridine rings is 1. The van der Waals surface area contributed by atoms with Crippen molar-refractivity contribution < 1.29 is 9.90 Å².